The SMILES string of the molecule is O=C(O)[C@@H]1CN(C(=O)C2(c3ccc(F)cc3)CCOCC2)C[C@H]1C(F)(F)F. The highest BCUT2D eigenvalue weighted by molar-refractivity contribution is 5.89. The molecule has 0 aromatic heterocycles. The third-order valence-corrected chi connectivity index (χ3v) is 5.50. The molecule has 0 radical (unpaired) electrons. The third-order valence-electron chi connectivity index (χ3n) is 5.50. The Bertz CT molecular complexity index is 713. The van der Waals surface area contributed by atoms with Gasteiger partial charge in [-0.15, -0.1) is 0 Å². The van der Waals surface area contributed by atoms with E-state index >= 15 is 0 Å². The number of rotatable bonds is 3. The molecule has 0 aliphatic carbocycles. The Morgan fingerprint density at radius 1 is 1.11 bits per heavy atom. The van der Waals surface area contributed by atoms with E-state index in [1.54, 1.807) is 0 Å². The van der Waals surface area contributed by atoms with E-state index in [1.807, 2.05) is 0 Å². The number of carboxylic acids is 1. The van der Waals surface area contributed by atoms with Gasteiger partial charge in [0.25, 0.3) is 0 Å². The fourth-order valence-corrected chi connectivity index (χ4v) is 3.97. The summed E-state index contributed by atoms with van der Waals surface area (Å²) in [6, 6.07) is 5.29. The monoisotopic (exact) mass is 389 g/mol. The predicted octanol–water partition coefficient (Wildman–Crippen LogP) is 2.60. The van der Waals surface area contributed by atoms with E-state index in [2.05, 4.69) is 0 Å². The van der Waals surface area contributed by atoms with Crippen molar-refractivity contribution in [1.29, 1.82) is 0 Å². The molecule has 2 aliphatic rings. The van der Waals surface area contributed by atoms with Gasteiger partial charge >= 0.3 is 12.1 Å². The summed E-state index contributed by atoms with van der Waals surface area (Å²) in [7, 11) is 0. The zero-order valence-corrected chi connectivity index (χ0v) is 14.3. The van der Waals surface area contributed by atoms with Crippen LogP contribution >= 0.6 is 0 Å². The lowest BCUT2D eigenvalue weighted by Crippen LogP contribution is -2.49. The molecule has 0 saturated carbocycles. The first kappa shape index (κ1) is 19.6. The molecule has 0 bridgehead atoms. The summed E-state index contributed by atoms with van der Waals surface area (Å²) in [6.07, 6.45) is -4.23. The van der Waals surface area contributed by atoms with Crippen molar-refractivity contribution in [3.05, 3.63) is 35.6 Å². The molecule has 0 unspecified atom stereocenters. The third kappa shape index (κ3) is 3.65. The number of hydrogen-bond acceptors (Lipinski definition) is 3. The van der Waals surface area contributed by atoms with Gasteiger partial charge in [0.05, 0.1) is 17.3 Å². The van der Waals surface area contributed by atoms with E-state index < -0.39 is 54.2 Å². The van der Waals surface area contributed by atoms with E-state index in [0.717, 1.165) is 4.90 Å². The Labute approximate surface area is 152 Å². The summed E-state index contributed by atoms with van der Waals surface area (Å²) in [5.74, 6) is -6.42. The van der Waals surface area contributed by atoms with Crippen LogP contribution in [0.15, 0.2) is 24.3 Å². The van der Waals surface area contributed by atoms with Crippen molar-refractivity contribution >= 4 is 11.9 Å². The van der Waals surface area contributed by atoms with Crippen molar-refractivity contribution in [2.24, 2.45) is 11.8 Å². The second-order valence-electron chi connectivity index (χ2n) is 7.00. The Morgan fingerprint density at radius 3 is 2.19 bits per heavy atom. The van der Waals surface area contributed by atoms with Crippen molar-refractivity contribution in [3.8, 4) is 0 Å². The van der Waals surface area contributed by atoms with Gasteiger partial charge in [-0.05, 0) is 30.5 Å². The maximum atomic E-state index is 13.3. The first-order valence-corrected chi connectivity index (χ1v) is 8.58. The minimum Gasteiger partial charge on any atom is -0.481 e. The fraction of sp³-hybridized carbons (Fsp3) is 0.556. The van der Waals surface area contributed by atoms with Crippen molar-refractivity contribution < 1.29 is 37.0 Å². The summed E-state index contributed by atoms with van der Waals surface area (Å²) >= 11 is 0. The number of amides is 1. The Balaban J connectivity index is 1.93. The highest BCUT2D eigenvalue weighted by Crippen LogP contribution is 2.42. The topological polar surface area (TPSA) is 66.8 Å². The number of aliphatic carboxylic acids is 1. The minimum atomic E-state index is -4.71. The smallest absolute Gasteiger partial charge is 0.394 e. The van der Waals surface area contributed by atoms with Crippen molar-refractivity contribution in [3.63, 3.8) is 0 Å². The van der Waals surface area contributed by atoms with E-state index in [4.69, 9.17) is 9.84 Å². The second-order valence-corrected chi connectivity index (χ2v) is 7.00. The summed E-state index contributed by atoms with van der Waals surface area (Å²) in [4.78, 5) is 25.5. The Morgan fingerprint density at radius 2 is 1.70 bits per heavy atom. The van der Waals surface area contributed by atoms with Gasteiger partial charge in [-0.2, -0.15) is 13.2 Å². The number of likely N-dealkylation sites (tertiary alicyclic amines) is 1. The molecule has 1 amide bonds. The quantitative estimate of drug-likeness (QED) is 0.807. The van der Waals surface area contributed by atoms with Crippen LogP contribution in [-0.4, -0.2) is 54.4 Å². The predicted molar refractivity (Wildman–Crippen MR) is 85.4 cm³/mol. The normalized spacial score (nSPS) is 25.4. The van der Waals surface area contributed by atoms with Crippen LogP contribution in [-0.2, 0) is 19.7 Å². The van der Waals surface area contributed by atoms with Crippen LogP contribution in [0.25, 0.3) is 0 Å². The number of carboxylic acid groups (broad SMARTS) is 1. The Kier molecular flexibility index (Phi) is 5.16. The molecule has 148 valence electrons. The fourth-order valence-electron chi connectivity index (χ4n) is 3.97. The van der Waals surface area contributed by atoms with Gasteiger partial charge in [-0.25, -0.2) is 4.39 Å². The van der Waals surface area contributed by atoms with Crippen molar-refractivity contribution in [1.82, 2.24) is 4.90 Å². The highest BCUT2D eigenvalue weighted by atomic mass is 19.4. The molecule has 2 aliphatic heterocycles. The van der Waals surface area contributed by atoms with Gasteiger partial charge in [-0.1, -0.05) is 12.1 Å². The molecular formula is C18H19F4NO4. The number of hydrogen-bond donors (Lipinski definition) is 1. The van der Waals surface area contributed by atoms with E-state index in [9.17, 15) is 27.2 Å². The number of carbonyl (C=O) groups is 2. The number of alkyl halides is 3. The lowest BCUT2D eigenvalue weighted by atomic mass is 9.73. The van der Waals surface area contributed by atoms with Gasteiger partial charge in [-0.3, -0.25) is 9.59 Å². The first-order valence-electron chi connectivity index (χ1n) is 8.58. The van der Waals surface area contributed by atoms with Crippen LogP contribution in [0.1, 0.15) is 18.4 Å². The number of benzene rings is 1. The lowest BCUT2D eigenvalue weighted by molar-refractivity contribution is -0.188. The van der Waals surface area contributed by atoms with E-state index in [0.29, 0.717) is 5.56 Å². The van der Waals surface area contributed by atoms with Gasteiger partial charge in [0.1, 0.15) is 5.82 Å². The average molecular weight is 389 g/mol. The molecule has 1 aromatic rings. The molecule has 2 fully saturated rings. The second kappa shape index (κ2) is 7.10. The van der Waals surface area contributed by atoms with E-state index in [-0.39, 0.29) is 26.1 Å². The minimum absolute atomic E-state index is 0.238. The molecular weight excluding hydrogens is 370 g/mol. The molecule has 1 aromatic carbocycles. The van der Waals surface area contributed by atoms with Crippen LogP contribution in [0.3, 0.4) is 0 Å². The van der Waals surface area contributed by atoms with Crippen LogP contribution in [0.2, 0.25) is 0 Å². The van der Waals surface area contributed by atoms with Crippen molar-refractivity contribution in [2.45, 2.75) is 24.4 Å². The molecule has 9 heteroatoms. The molecule has 2 saturated heterocycles. The zero-order valence-electron chi connectivity index (χ0n) is 14.3. The van der Waals surface area contributed by atoms with Crippen LogP contribution < -0.4 is 0 Å². The summed E-state index contributed by atoms with van der Waals surface area (Å²) < 4.78 is 58.3. The molecule has 5 nitrogen and oxygen atoms in total. The Hall–Kier alpha value is -2.16. The average Bonchev–Trinajstić information content (AvgIpc) is 3.08. The molecule has 2 atom stereocenters. The van der Waals surface area contributed by atoms with Crippen LogP contribution in [0.5, 0.6) is 0 Å². The number of ether oxygens (including phenoxy) is 1. The zero-order chi connectivity index (χ0) is 19.8. The molecule has 27 heavy (non-hydrogen) atoms. The standard InChI is InChI=1S/C18H19F4NO4/c19-12-3-1-11(2-4-12)17(5-7-27-8-6-17)16(26)23-9-13(15(24)25)14(10-23)18(20,21)22/h1-4,13-14H,5-10H2,(H,24,25)/t13-,14-/m1/s1. The maximum absolute atomic E-state index is 13.3. The van der Waals surface area contributed by atoms with Crippen LogP contribution in [0.4, 0.5) is 17.6 Å². The lowest BCUT2D eigenvalue weighted by Gasteiger charge is -2.39. The van der Waals surface area contributed by atoms with Gasteiger partial charge in [0.2, 0.25) is 5.91 Å². The molecule has 3 rings (SSSR count). The first-order chi connectivity index (χ1) is 12.6. The molecule has 1 N–H and O–H groups in total. The molecule has 2 heterocycles. The number of halogens is 4. The molecule has 0 spiro atoms. The van der Waals surface area contributed by atoms with Gasteiger partial charge < -0.3 is 14.7 Å². The highest BCUT2D eigenvalue weighted by Gasteiger charge is 2.56. The van der Waals surface area contributed by atoms with Gasteiger partial charge in [0, 0.05) is 26.3 Å². The largest absolute Gasteiger partial charge is 0.481 e. The summed E-state index contributed by atoms with van der Waals surface area (Å²) in [5, 5.41) is 9.17. The summed E-state index contributed by atoms with van der Waals surface area (Å²) in [6.45, 7) is -0.713. The van der Waals surface area contributed by atoms with Crippen LogP contribution in [0, 0.1) is 17.7 Å². The number of carbonyl (C=O) groups excluding carboxylic acids is 1. The summed E-state index contributed by atoms with van der Waals surface area (Å²) in [5.41, 5.74) is -0.644. The number of nitrogens with zero attached hydrogens (tertiary/aromatic N) is 1. The van der Waals surface area contributed by atoms with E-state index in [1.165, 1.54) is 24.3 Å². The maximum Gasteiger partial charge on any atom is 0.394 e. The van der Waals surface area contributed by atoms with Gasteiger partial charge in [0.15, 0.2) is 0 Å². The van der Waals surface area contributed by atoms with Crippen molar-refractivity contribution in [2.75, 3.05) is 26.3 Å².